The minimum absolute atomic E-state index is 0. The van der Waals surface area contributed by atoms with E-state index in [4.69, 9.17) is 10.5 Å². The molecular formula is C9H16ClN3O. The first-order valence-corrected chi connectivity index (χ1v) is 4.71. The first-order chi connectivity index (χ1) is 6.25. The fraction of sp³-hybridized carbons (Fsp3) is 0.667. The van der Waals surface area contributed by atoms with Crippen molar-refractivity contribution in [1.29, 1.82) is 0 Å². The Bertz CT molecular complexity index is 294. The lowest BCUT2D eigenvalue weighted by Gasteiger charge is -2.10. The Morgan fingerprint density at radius 2 is 2.14 bits per heavy atom. The van der Waals surface area contributed by atoms with E-state index in [-0.39, 0.29) is 12.4 Å². The van der Waals surface area contributed by atoms with Gasteiger partial charge in [-0.15, -0.1) is 17.5 Å². The number of aryl methyl sites for hydroxylation is 1. The molecule has 0 amide bonds. The number of aromatic nitrogens is 2. The van der Waals surface area contributed by atoms with Gasteiger partial charge in [-0.1, -0.05) is 0 Å². The van der Waals surface area contributed by atoms with Crippen LogP contribution in [0, 0.1) is 0 Å². The lowest BCUT2D eigenvalue weighted by Crippen LogP contribution is -2.12. The van der Waals surface area contributed by atoms with Crippen LogP contribution in [0.15, 0.2) is 6.20 Å². The van der Waals surface area contributed by atoms with Crippen LogP contribution in [0.1, 0.15) is 25.7 Å². The van der Waals surface area contributed by atoms with Crippen LogP contribution in [0.3, 0.4) is 0 Å². The molecule has 1 heterocycles. The van der Waals surface area contributed by atoms with Crippen molar-refractivity contribution >= 4 is 18.1 Å². The first-order valence-electron chi connectivity index (χ1n) is 4.71. The van der Waals surface area contributed by atoms with E-state index in [0.29, 0.717) is 17.7 Å². The van der Waals surface area contributed by atoms with Crippen LogP contribution >= 0.6 is 12.4 Å². The molecule has 0 atom stereocenters. The van der Waals surface area contributed by atoms with E-state index in [1.807, 2.05) is 7.05 Å². The summed E-state index contributed by atoms with van der Waals surface area (Å²) in [6.07, 6.45) is 6.89. The summed E-state index contributed by atoms with van der Waals surface area (Å²) in [5.41, 5.74) is 6.34. The number of hydrogen-bond acceptors (Lipinski definition) is 3. The molecule has 2 rings (SSSR count). The van der Waals surface area contributed by atoms with Gasteiger partial charge in [0.1, 0.15) is 11.8 Å². The van der Waals surface area contributed by atoms with Gasteiger partial charge in [-0.2, -0.15) is 0 Å². The molecule has 0 bridgehead atoms. The third-order valence-corrected chi connectivity index (χ3v) is 2.40. The zero-order valence-electron chi connectivity index (χ0n) is 8.27. The van der Waals surface area contributed by atoms with E-state index in [0.717, 1.165) is 12.8 Å². The lowest BCUT2D eigenvalue weighted by molar-refractivity contribution is 0.201. The van der Waals surface area contributed by atoms with Crippen molar-refractivity contribution in [3.8, 4) is 5.88 Å². The maximum absolute atomic E-state index is 5.71. The third kappa shape index (κ3) is 2.32. The number of nitrogen functional groups attached to an aromatic ring is 1. The summed E-state index contributed by atoms with van der Waals surface area (Å²) in [5, 5.41) is 4.14. The molecule has 0 aliphatic heterocycles. The second-order valence-electron chi connectivity index (χ2n) is 3.59. The highest BCUT2D eigenvalue weighted by Crippen LogP contribution is 2.26. The second-order valence-corrected chi connectivity index (χ2v) is 3.59. The van der Waals surface area contributed by atoms with Crippen molar-refractivity contribution in [2.75, 3.05) is 5.73 Å². The fourth-order valence-electron chi connectivity index (χ4n) is 1.74. The summed E-state index contributed by atoms with van der Waals surface area (Å²) in [6.45, 7) is 0. The quantitative estimate of drug-likeness (QED) is 0.821. The van der Waals surface area contributed by atoms with Gasteiger partial charge in [0.15, 0.2) is 0 Å². The summed E-state index contributed by atoms with van der Waals surface area (Å²) < 4.78 is 7.35. The predicted octanol–water partition coefficient (Wildman–Crippen LogP) is 1.75. The Balaban J connectivity index is 0.000000980. The zero-order chi connectivity index (χ0) is 9.26. The van der Waals surface area contributed by atoms with Crippen molar-refractivity contribution in [1.82, 2.24) is 9.78 Å². The Morgan fingerprint density at radius 3 is 2.64 bits per heavy atom. The van der Waals surface area contributed by atoms with Crippen LogP contribution in [0.2, 0.25) is 0 Å². The highest BCUT2D eigenvalue weighted by molar-refractivity contribution is 5.85. The van der Waals surface area contributed by atoms with Gasteiger partial charge in [-0.05, 0) is 25.7 Å². The van der Waals surface area contributed by atoms with Crippen LogP contribution in [-0.4, -0.2) is 15.9 Å². The molecule has 80 valence electrons. The van der Waals surface area contributed by atoms with Crippen molar-refractivity contribution in [2.45, 2.75) is 31.8 Å². The molecule has 0 unspecified atom stereocenters. The molecule has 1 aliphatic carbocycles. The largest absolute Gasteiger partial charge is 0.472 e. The normalized spacial score (nSPS) is 16.6. The number of ether oxygens (including phenoxy) is 1. The fourth-order valence-corrected chi connectivity index (χ4v) is 1.74. The van der Waals surface area contributed by atoms with Crippen molar-refractivity contribution in [3.63, 3.8) is 0 Å². The first kappa shape index (κ1) is 11.2. The summed E-state index contributed by atoms with van der Waals surface area (Å²) in [7, 11) is 1.85. The van der Waals surface area contributed by atoms with Crippen molar-refractivity contribution in [3.05, 3.63) is 6.20 Å². The van der Waals surface area contributed by atoms with Crippen molar-refractivity contribution in [2.24, 2.45) is 7.05 Å². The monoisotopic (exact) mass is 217 g/mol. The number of nitrogens with zero attached hydrogens (tertiary/aromatic N) is 2. The number of rotatable bonds is 2. The van der Waals surface area contributed by atoms with Gasteiger partial charge in [0.25, 0.3) is 5.88 Å². The molecule has 14 heavy (non-hydrogen) atoms. The summed E-state index contributed by atoms with van der Waals surface area (Å²) in [4.78, 5) is 0. The van der Waals surface area contributed by atoms with E-state index >= 15 is 0 Å². The molecule has 1 aromatic rings. The molecule has 1 fully saturated rings. The second kappa shape index (κ2) is 4.55. The molecule has 2 N–H and O–H groups in total. The van der Waals surface area contributed by atoms with Gasteiger partial charge < -0.3 is 10.5 Å². The van der Waals surface area contributed by atoms with Gasteiger partial charge in [-0.25, -0.2) is 0 Å². The number of hydrogen-bond donors (Lipinski definition) is 1. The average Bonchev–Trinajstić information content (AvgIpc) is 2.63. The third-order valence-electron chi connectivity index (χ3n) is 2.40. The molecular weight excluding hydrogens is 202 g/mol. The van der Waals surface area contributed by atoms with Gasteiger partial charge in [0.2, 0.25) is 0 Å². The molecule has 1 aromatic heterocycles. The minimum atomic E-state index is 0. The molecule has 5 heteroatoms. The molecule has 0 radical (unpaired) electrons. The number of nitrogens with two attached hydrogens (primary N) is 1. The van der Waals surface area contributed by atoms with E-state index < -0.39 is 0 Å². The maximum atomic E-state index is 5.71. The highest BCUT2D eigenvalue weighted by atomic mass is 35.5. The van der Waals surface area contributed by atoms with Crippen LogP contribution in [0.5, 0.6) is 5.88 Å². The van der Waals surface area contributed by atoms with Gasteiger partial charge in [-0.3, -0.25) is 4.68 Å². The predicted molar refractivity (Wildman–Crippen MR) is 57.8 cm³/mol. The lowest BCUT2D eigenvalue weighted by atomic mass is 10.3. The highest BCUT2D eigenvalue weighted by Gasteiger charge is 2.18. The van der Waals surface area contributed by atoms with Crippen LogP contribution in [0.4, 0.5) is 5.69 Å². The Labute approximate surface area is 89.8 Å². The van der Waals surface area contributed by atoms with Gasteiger partial charge >= 0.3 is 0 Å². The topological polar surface area (TPSA) is 53.1 Å². The molecule has 0 aromatic carbocycles. The summed E-state index contributed by atoms with van der Waals surface area (Å²) >= 11 is 0. The molecule has 1 saturated carbocycles. The van der Waals surface area contributed by atoms with Gasteiger partial charge in [0.05, 0.1) is 6.20 Å². The molecule has 1 aliphatic rings. The van der Waals surface area contributed by atoms with Crippen LogP contribution in [-0.2, 0) is 7.05 Å². The smallest absolute Gasteiger partial charge is 0.256 e. The Hall–Kier alpha value is -0.900. The molecule has 0 saturated heterocycles. The Morgan fingerprint density at radius 1 is 1.50 bits per heavy atom. The van der Waals surface area contributed by atoms with E-state index in [1.54, 1.807) is 10.9 Å². The standard InChI is InChI=1S/C9H15N3O.ClH/c1-12-6-8(10)9(11-12)13-7-4-2-3-5-7;/h6-7H,2-5,10H2,1H3;1H. The molecule has 0 spiro atoms. The van der Waals surface area contributed by atoms with E-state index in [9.17, 15) is 0 Å². The van der Waals surface area contributed by atoms with Crippen LogP contribution in [0.25, 0.3) is 0 Å². The van der Waals surface area contributed by atoms with Crippen LogP contribution < -0.4 is 10.5 Å². The maximum Gasteiger partial charge on any atom is 0.256 e. The SMILES string of the molecule is Cl.Cn1cc(N)c(OC2CCCC2)n1. The molecule has 4 nitrogen and oxygen atoms in total. The average molecular weight is 218 g/mol. The van der Waals surface area contributed by atoms with E-state index in [1.165, 1.54) is 12.8 Å². The summed E-state index contributed by atoms with van der Waals surface area (Å²) in [6, 6.07) is 0. The van der Waals surface area contributed by atoms with Gasteiger partial charge in [0, 0.05) is 7.05 Å². The van der Waals surface area contributed by atoms with E-state index in [2.05, 4.69) is 5.10 Å². The number of halogens is 1. The van der Waals surface area contributed by atoms with Crippen molar-refractivity contribution < 1.29 is 4.74 Å². The zero-order valence-corrected chi connectivity index (χ0v) is 9.09. The minimum Gasteiger partial charge on any atom is -0.472 e. The number of anilines is 1. The summed E-state index contributed by atoms with van der Waals surface area (Å²) in [5.74, 6) is 0.592. The Kier molecular flexibility index (Phi) is 3.63.